The molecule has 0 aliphatic heterocycles. The molecule has 28 heavy (non-hydrogen) atoms. The van der Waals surface area contributed by atoms with Crippen molar-refractivity contribution in [1.29, 1.82) is 0 Å². The number of carbonyl (C=O) groups is 2. The minimum absolute atomic E-state index is 0.437. The highest BCUT2D eigenvalue weighted by Gasteiger charge is 2.58. The standard InChI is InChI=1S/C10H16O4.2C6H15N/c1-9(2)6(7(11)12)4-5-10(9,3)8(13)14;2*1-2-3-4-5-6-7/h6H,4-5H2,1-3H3,(H,11,12)(H,13,14);2*2-7H2,1H3/t6-,10+;;/m0../s1. The molecule has 0 amide bonds. The van der Waals surface area contributed by atoms with Crippen LogP contribution in [-0.2, 0) is 9.59 Å². The summed E-state index contributed by atoms with van der Waals surface area (Å²) < 4.78 is 0. The fourth-order valence-corrected chi connectivity index (χ4v) is 3.46. The number of nitrogens with two attached hydrogens (primary N) is 2. The summed E-state index contributed by atoms with van der Waals surface area (Å²) in [5.41, 5.74) is 8.93. The topological polar surface area (TPSA) is 127 Å². The predicted molar refractivity (Wildman–Crippen MR) is 116 cm³/mol. The molecule has 6 nitrogen and oxygen atoms in total. The largest absolute Gasteiger partial charge is 0.481 e. The van der Waals surface area contributed by atoms with E-state index >= 15 is 0 Å². The van der Waals surface area contributed by atoms with E-state index in [-0.39, 0.29) is 0 Å². The van der Waals surface area contributed by atoms with E-state index in [1.165, 1.54) is 51.4 Å². The van der Waals surface area contributed by atoms with Gasteiger partial charge in [0.25, 0.3) is 0 Å². The number of carboxylic acid groups (broad SMARTS) is 2. The van der Waals surface area contributed by atoms with Crippen LogP contribution in [0.4, 0.5) is 0 Å². The Morgan fingerprint density at radius 3 is 1.50 bits per heavy atom. The first-order valence-corrected chi connectivity index (χ1v) is 10.9. The molecule has 0 aromatic carbocycles. The second-order valence-corrected chi connectivity index (χ2v) is 8.49. The normalized spacial score (nSPS) is 22.5. The number of hydrogen-bond donors (Lipinski definition) is 4. The molecule has 0 radical (unpaired) electrons. The number of aliphatic carboxylic acids is 2. The van der Waals surface area contributed by atoms with Gasteiger partial charge in [-0.15, -0.1) is 0 Å². The van der Waals surface area contributed by atoms with Crippen LogP contribution in [0.1, 0.15) is 98.8 Å². The maximum Gasteiger partial charge on any atom is 0.309 e. The van der Waals surface area contributed by atoms with Crippen LogP contribution >= 0.6 is 0 Å². The SMILES string of the molecule is CC1(C)[C@H](C(=O)O)CC[C@]1(C)C(=O)O.CCCCCCN.CCCCCCN. The van der Waals surface area contributed by atoms with Crippen molar-refractivity contribution >= 4 is 11.9 Å². The maximum absolute atomic E-state index is 11.1. The quantitative estimate of drug-likeness (QED) is 0.394. The fourth-order valence-electron chi connectivity index (χ4n) is 3.46. The summed E-state index contributed by atoms with van der Waals surface area (Å²) in [6, 6.07) is 0. The van der Waals surface area contributed by atoms with E-state index in [1.54, 1.807) is 20.8 Å². The van der Waals surface area contributed by atoms with E-state index in [9.17, 15) is 9.59 Å². The first-order chi connectivity index (χ1) is 13.1. The molecule has 0 unspecified atom stereocenters. The van der Waals surface area contributed by atoms with Crippen LogP contribution in [0.3, 0.4) is 0 Å². The van der Waals surface area contributed by atoms with Gasteiger partial charge in [0.2, 0.25) is 0 Å². The van der Waals surface area contributed by atoms with Crippen molar-refractivity contribution in [3.63, 3.8) is 0 Å². The highest BCUT2D eigenvalue weighted by molar-refractivity contribution is 5.80. The summed E-state index contributed by atoms with van der Waals surface area (Å²) in [6.45, 7) is 11.2. The zero-order valence-corrected chi connectivity index (χ0v) is 18.9. The molecule has 1 aliphatic carbocycles. The van der Waals surface area contributed by atoms with Gasteiger partial charge in [-0.1, -0.05) is 66.2 Å². The molecule has 0 bridgehead atoms. The summed E-state index contributed by atoms with van der Waals surface area (Å²) in [4.78, 5) is 22.0. The summed E-state index contributed by atoms with van der Waals surface area (Å²) in [6.07, 6.45) is 11.2. The third-order valence-corrected chi connectivity index (χ3v) is 6.11. The molecule has 168 valence electrons. The van der Waals surface area contributed by atoms with Crippen LogP contribution in [-0.4, -0.2) is 35.2 Å². The van der Waals surface area contributed by atoms with Crippen molar-refractivity contribution in [2.24, 2.45) is 28.2 Å². The Labute approximate surface area is 172 Å². The third-order valence-electron chi connectivity index (χ3n) is 6.11. The van der Waals surface area contributed by atoms with Gasteiger partial charge in [0.1, 0.15) is 0 Å². The monoisotopic (exact) mass is 402 g/mol. The summed E-state index contributed by atoms with van der Waals surface area (Å²) in [5.74, 6) is -2.34. The van der Waals surface area contributed by atoms with Gasteiger partial charge >= 0.3 is 11.9 Å². The van der Waals surface area contributed by atoms with Crippen LogP contribution in [0.5, 0.6) is 0 Å². The molecule has 0 saturated heterocycles. The lowest BCUT2D eigenvalue weighted by molar-refractivity contribution is -0.157. The molecule has 0 aromatic heterocycles. The number of rotatable bonds is 10. The molecule has 0 spiro atoms. The lowest BCUT2D eigenvalue weighted by Crippen LogP contribution is -2.42. The van der Waals surface area contributed by atoms with Gasteiger partial charge in [-0.3, -0.25) is 9.59 Å². The molecular weight excluding hydrogens is 356 g/mol. The Balaban J connectivity index is 0. The molecule has 1 fully saturated rings. The maximum atomic E-state index is 11.1. The average molecular weight is 403 g/mol. The number of carboxylic acids is 2. The van der Waals surface area contributed by atoms with Crippen LogP contribution in [0, 0.1) is 16.7 Å². The van der Waals surface area contributed by atoms with E-state index in [0.717, 1.165) is 13.1 Å². The van der Waals surface area contributed by atoms with Gasteiger partial charge in [-0.05, 0) is 51.1 Å². The van der Waals surface area contributed by atoms with Gasteiger partial charge in [0.15, 0.2) is 0 Å². The average Bonchev–Trinajstić information content (AvgIpc) is 2.88. The van der Waals surface area contributed by atoms with Crippen molar-refractivity contribution in [1.82, 2.24) is 0 Å². The van der Waals surface area contributed by atoms with Gasteiger partial charge in [0.05, 0.1) is 11.3 Å². The molecule has 0 heterocycles. The first kappa shape index (κ1) is 29.1. The first-order valence-electron chi connectivity index (χ1n) is 10.9. The minimum atomic E-state index is -0.921. The Kier molecular flexibility index (Phi) is 16.3. The fraction of sp³-hybridized carbons (Fsp3) is 0.909. The smallest absolute Gasteiger partial charge is 0.309 e. The van der Waals surface area contributed by atoms with Gasteiger partial charge < -0.3 is 21.7 Å². The van der Waals surface area contributed by atoms with Crippen molar-refractivity contribution in [3.05, 3.63) is 0 Å². The van der Waals surface area contributed by atoms with Crippen LogP contribution in [0.2, 0.25) is 0 Å². The Morgan fingerprint density at radius 1 is 0.857 bits per heavy atom. The summed E-state index contributed by atoms with van der Waals surface area (Å²) in [7, 11) is 0. The van der Waals surface area contributed by atoms with Crippen LogP contribution in [0.15, 0.2) is 0 Å². The van der Waals surface area contributed by atoms with Crippen molar-refractivity contribution < 1.29 is 19.8 Å². The molecule has 6 heteroatoms. The molecule has 0 aromatic rings. The van der Waals surface area contributed by atoms with E-state index in [2.05, 4.69) is 13.8 Å². The van der Waals surface area contributed by atoms with E-state index in [4.69, 9.17) is 21.7 Å². The van der Waals surface area contributed by atoms with E-state index < -0.39 is 28.7 Å². The van der Waals surface area contributed by atoms with Crippen LogP contribution < -0.4 is 11.5 Å². The summed E-state index contributed by atoms with van der Waals surface area (Å²) in [5, 5.41) is 18.1. The highest BCUT2D eigenvalue weighted by atomic mass is 16.4. The third kappa shape index (κ3) is 9.87. The molecule has 1 rings (SSSR count). The van der Waals surface area contributed by atoms with Gasteiger partial charge in [-0.25, -0.2) is 0 Å². The number of hydrogen-bond acceptors (Lipinski definition) is 4. The highest BCUT2D eigenvalue weighted by Crippen LogP contribution is 2.56. The van der Waals surface area contributed by atoms with Crippen molar-refractivity contribution in [3.8, 4) is 0 Å². The lowest BCUT2D eigenvalue weighted by Gasteiger charge is -2.36. The number of unbranched alkanes of at least 4 members (excludes halogenated alkanes) is 6. The van der Waals surface area contributed by atoms with E-state index in [0.29, 0.717) is 12.8 Å². The second kappa shape index (κ2) is 15.7. The molecule has 1 aliphatic rings. The Morgan fingerprint density at radius 2 is 1.29 bits per heavy atom. The minimum Gasteiger partial charge on any atom is -0.481 e. The van der Waals surface area contributed by atoms with Gasteiger partial charge in [-0.2, -0.15) is 0 Å². The van der Waals surface area contributed by atoms with E-state index in [1.807, 2.05) is 0 Å². The van der Waals surface area contributed by atoms with Gasteiger partial charge in [0, 0.05) is 0 Å². The molecular formula is C22H46N2O4. The predicted octanol–water partition coefficient (Wildman–Crippen LogP) is 4.65. The zero-order valence-electron chi connectivity index (χ0n) is 18.9. The summed E-state index contributed by atoms with van der Waals surface area (Å²) >= 11 is 0. The van der Waals surface area contributed by atoms with Crippen molar-refractivity contribution in [2.75, 3.05) is 13.1 Å². The zero-order chi connectivity index (χ0) is 22.2. The Hall–Kier alpha value is -1.14. The Bertz CT molecular complexity index is 409. The van der Waals surface area contributed by atoms with Crippen LogP contribution in [0.25, 0.3) is 0 Å². The lowest BCUT2D eigenvalue weighted by atomic mass is 9.66. The second-order valence-electron chi connectivity index (χ2n) is 8.49. The molecule has 1 saturated carbocycles. The van der Waals surface area contributed by atoms with Crippen molar-refractivity contribution in [2.45, 2.75) is 98.8 Å². The molecule has 2 atom stereocenters. The molecule has 6 N–H and O–H groups in total.